The molecule has 0 spiro atoms. The Morgan fingerprint density at radius 2 is 2.27 bits per heavy atom. The molecule has 2 amide bonds. The van der Waals surface area contributed by atoms with Crippen LogP contribution in [0.2, 0.25) is 0 Å². The minimum absolute atomic E-state index is 0.192. The molecule has 1 fully saturated rings. The van der Waals surface area contributed by atoms with Crippen molar-refractivity contribution in [2.45, 2.75) is 38.0 Å². The maximum Gasteiger partial charge on any atom is 0.242 e. The Kier molecular flexibility index (Phi) is 5.17. The summed E-state index contributed by atoms with van der Waals surface area (Å²) in [7, 11) is -3.68. The summed E-state index contributed by atoms with van der Waals surface area (Å²) in [5.41, 5.74) is 0.574. The van der Waals surface area contributed by atoms with E-state index < -0.39 is 33.3 Å². The number of hydrogen-bond acceptors (Lipinski definition) is 6. The van der Waals surface area contributed by atoms with Crippen molar-refractivity contribution in [1.82, 2.24) is 15.8 Å². The van der Waals surface area contributed by atoms with Gasteiger partial charge in [-0.2, -0.15) is 0 Å². The first kappa shape index (κ1) is 16.5. The maximum atomic E-state index is 12.0. The molecule has 1 aromatic heterocycles. The number of carbonyl (C=O) groups is 2. The summed E-state index contributed by atoms with van der Waals surface area (Å²) in [4.78, 5) is 23.6. The van der Waals surface area contributed by atoms with Gasteiger partial charge in [-0.1, -0.05) is 5.16 Å². The fourth-order valence-corrected chi connectivity index (χ4v) is 3.42. The third-order valence-corrected chi connectivity index (χ3v) is 4.69. The van der Waals surface area contributed by atoms with Gasteiger partial charge >= 0.3 is 0 Å². The van der Waals surface area contributed by atoms with Crippen LogP contribution in [0.1, 0.15) is 30.7 Å². The lowest BCUT2D eigenvalue weighted by atomic mass is 10.1. The van der Waals surface area contributed by atoms with Gasteiger partial charge in [-0.3, -0.25) is 9.59 Å². The Morgan fingerprint density at radius 1 is 1.50 bits per heavy atom. The zero-order valence-electron chi connectivity index (χ0n) is 12.3. The molecule has 2 rings (SSSR count). The van der Waals surface area contributed by atoms with E-state index in [1.165, 1.54) is 6.07 Å². The standard InChI is InChI=1S/C13H19N3O5S/c1-9-6-10(21-16-9)7-22(19,20)8-12(17)15-11-4-2-3-5-14-13(11)18/h6,11H,2-5,7-8H2,1H3,(H,14,18)(H,15,17)/t11-/m1/s1. The molecule has 0 radical (unpaired) electrons. The van der Waals surface area contributed by atoms with Crippen LogP contribution >= 0.6 is 0 Å². The zero-order chi connectivity index (χ0) is 16.2. The van der Waals surface area contributed by atoms with Crippen LogP contribution in [0.15, 0.2) is 10.6 Å². The molecular formula is C13H19N3O5S. The molecule has 1 atom stereocenters. The molecule has 1 aliphatic rings. The monoisotopic (exact) mass is 329 g/mol. The molecule has 1 aliphatic heterocycles. The third-order valence-electron chi connectivity index (χ3n) is 3.26. The van der Waals surface area contributed by atoms with Crippen LogP contribution < -0.4 is 10.6 Å². The van der Waals surface area contributed by atoms with Crippen molar-refractivity contribution in [1.29, 1.82) is 0 Å². The fourth-order valence-electron chi connectivity index (χ4n) is 2.26. The van der Waals surface area contributed by atoms with Crippen LogP contribution in [0.5, 0.6) is 0 Å². The molecule has 2 N–H and O–H groups in total. The molecule has 122 valence electrons. The summed E-state index contributed by atoms with van der Waals surface area (Å²) in [6.07, 6.45) is 2.16. The first-order chi connectivity index (χ1) is 10.4. The Labute approximate surface area is 128 Å². The molecular weight excluding hydrogens is 310 g/mol. The highest BCUT2D eigenvalue weighted by molar-refractivity contribution is 7.91. The number of nitrogens with zero attached hydrogens (tertiary/aromatic N) is 1. The van der Waals surface area contributed by atoms with Crippen molar-refractivity contribution in [3.05, 3.63) is 17.5 Å². The molecule has 22 heavy (non-hydrogen) atoms. The maximum absolute atomic E-state index is 12.0. The molecule has 2 heterocycles. The second kappa shape index (κ2) is 6.91. The van der Waals surface area contributed by atoms with E-state index in [0.29, 0.717) is 18.7 Å². The van der Waals surface area contributed by atoms with E-state index in [9.17, 15) is 18.0 Å². The third kappa shape index (κ3) is 4.83. The van der Waals surface area contributed by atoms with E-state index in [1.54, 1.807) is 6.92 Å². The Bertz CT molecular complexity index is 652. The first-order valence-electron chi connectivity index (χ1n) is 7.05. The summed E-state index contributed by atoms with van der Waals surface area (Å²) >= 11 is 0. The van der Waals surface area contributed by atoms with E-state index >= 15 is 0 Å². The number of sulfone groups is 1. The summed E-state index contributed by atoms with van der Waals surface area (Å²) in [6.45, 7) is 2.26. The van der Waals surface area contributed by atoms with Crippen LogP contribution in [-0.2, 0) is 25.2 Å². The molecule has 9 heteroatoms. The van der Waals surface area contributed by atoms with Crippen molar-refractivity contribution in [2.75, 3.05) is 12.3 Å². The van der Waals surface area contributed by atoms with Crippen molar-refractivity contribution in [3.63, 3.8) is 0 Å². The van der Waals surface area contributed by atoms with Crippen LogP contribution in [-0.4, -0.2) is 43.7 Å². The van der Waals surface area contributed by atoms with Gasteiger partial charge in [0.25, 0.3) is 0 Å². The predicted octanol–water partition coefficient (Wildman–Crippen LogP) is -0.317. The highest BCUT2D eigenvalue weighted by Crippen LogP contribution is 2.09. The van der Waals surface area contributed by atoms with Gasteiger partial charge in [0, 0.05) is 12.6 Å². The molecule has 8 nitrogen and oxygen atoms in total. The summed E-state index contributed by atoms with van der Waals surface area (Å²) in [6, 6.07) is 0.839. The van der Waals surface area contributed by atoms with E-state index in [2.05, 4.69) is 15.8 Å². The van der Waals surface area contributed by atoms with Gasteiger partial charge in [0.1, 0.15) is 17.5 Å². The molecule has 0 bridgehead atoms. The SMILES string of the molecule is Cc1cc(CS(=O)(=O)CC(=O)N[C@@H]2CCCCNC2=O)on1. The number of aromatic nitrogens is 1. The first-order valence-corrected chi connectivity index (χ1v) is 8.87. The number of hydrogen-bond donors (Lipinski definition) is 2. The lowest BCUT2D eigenvalue weighted by Gasteiger charge is -2.15. The smallest absolute Gasteiger partial charge is 0.242 e. The zero-order valence-corrected chi connectivity index (χ0v) is 13.1. The predicted molar refractivity (Wildman–Crippen MR) is 77.5 cm³/mol. The second-order valence-corrected chi connectivity index (χ2v) is 7.44. The highest BCUT2D eigenvalue weighted by atomic mass is 32.2. The van der Waals surface area contributed by atoms with Crippen LogP contribution in [0.3, 0.4) is 0 Å². The van der Waals surface area contributed by atoms with E-state index in [1.807, 2.05) is 0 Å². The van der Waals surface area contributed by atoms with Crippen LogP contribution in [0, 0.1) is 6.92 Å². The summed E-state index contributed by atoms with van der Waals surface area (Å²) < 4.78 is 28.8. The number of amides is 2. The van der Waals surface area contributed by atoms with Gasteiger partial charge < -0.3 is 15.2 Å². The van der Waals surface area contributed by atoms with Gasteiger partial charge in [-0.15, -0.1) is 0 Å². The largest absolute Gasteiger partial charge is 0.360 e. The molecule has 0 aromatic carbocycles. The van der Waals surface area contributed by atoms with E-state index in [0.717, 1.165) is 12.8 Å². The lowest BCUT2D eigenvalue weighted by Crippen LogP contribution is -2.47. The number of rotatable bonds is 5. The van der Waals surface area contributed by atoms with Crippen LogP contribution in [0.25, 0.3) is 0 Å². The lowest BCUT2D eigenvalue weighted by molar-refractivity contribution is -0.127. The minimum Gasteiger partial charge on any atom is -0.360 e. The highest BCUT2D eigenvalue weighted by Gasteiger charge is 2.25. The summed E-state index contributed by atoms with van der Waals surface area (Å²) in [5, 5.41) is 8.76. The molecule has 1 saturated heterocycles. The Hall–Kier alpha value is -1.90. The van der Waals surface area contributed by atoms with Crippen molar-refractivity contribution < 1.29 is 22.5 Å². The number of carbonyl (C=O) groups excluding carboxylic acids is 2. The molecule has 0 unspecified atom stereocenters. The Balaban J connectivity index is 1.91. The van der Waals surface area contributed by atoms with Gasteiger partial charge in [0.2, 0.25) is 11.8 Å². The Morgan fingerprint density at radius 3 is 2.95 bits per heavy atom. The molecule has 0 aliphatic carbocycles. The normalized spacial score (nSPS) is 19.3. The average Bonchev–Trinajstić information content (AvgIpc) is 2.69. The minimum atomic E-state index is -3.68. The molecule has 0 saturated carbocycles. The van der Waals surface area contributed by atoms with Crippen molar-refractivity contribution in [3.8, 4) is 0 Å². The number of aryl methyl sites for hydroxylation is 1. The van der Waals surface area contributed by atoms with Gasteiger partial charge in [0.15, 0.2) is 15.6 Å². The quantitative estimate of drug-likeness (QED) is 0.764. The second-order valence-electron chi connectivity index (χ2n) is 5.37. The number of nitrogens with one attached hydrogen (secondary N) is 2. The van der Waals surface area contributed by atoms with Crippen molar-refractivity contribution in [2.24, 2.45) is 0 Å². The van der Waals surface area contributed by atoms with Gasteiger partial charge in [-0.05, 0) is 26.2 Å². The van der Waals surface area contributed by atoms with Gasteiger partial charge in [0.05, 0.1) is 5.69 Å². The van der Waals surface area contributed by atoms with Crippen molar-refractivity contribution >= 4 is 21.7 Å². The molecule has 1 aromatic rings. The van der Waals surface area contributed by atoms with E-state index in [-0.39, 0.29) is 11.7 Å². The van der Waals surface area contributed by atoms with Crippen LogP contribution in [0.4, 0.5) is 0 Å². The van der Waals surface area contributed by atoms with Gasteiger partial charge in [-0.25, -0.2) is 8.42 Å². The topological polar surface area (TPSA) is 118 Å². The fraction of sp³-hybridized carbons (Fsp3) is 0.615. The summed E-state index contributed by atoms with van der Waals surface area (Å²) in [5.74, 6) is -1.83. The average molecular weight is 329 g/mol. The van der Waals surface area contributed by atoms with E-state index in [4.69, 9.17) is 4.52 Å².